The van der Waals surface area contributed by atoms with E-state index in [9.17, 15) is 9.90 Å². The van der Waals surface area contributed by atoms with Crippen molar-refractivity contribution in [2.24, 2.45) is 29.1 Å². The van der Waals surface area contributed by atoms with Crippen LogP contribution in [0.3, 0.4) is 0 Å². The highest BCUT2D eigenvalue weighted by Gasteiger charge is 2.51. The van der Waals surface area contributed by atoms with E-state index >= 15 is 0 Å². The van der Waals surface area contributed by atoms with Crippen molar-refractivity contribution >= 4 is 5.97 Å². The van der Waals surface area contributed by atoms with E-state index in [1.807, 2.05) is 0 Å². The quantitative estimate of drug-likeness (QED) is 0.739. The molecule has 5 atom stereocenters. The molecular weight excluding hydrogens is 200 g/mol. The molecule has 92 valence electrons. The lowest BCUT2D eigenvalue weighted by atomic mass is 9.51. The second-order valence-electron chi connectivity index (χ2n) is 6.44. The van der Waals surface area contributed by atoms with Crippen molar-refractivity contribution in [3.05, 3.63) is 0 Å². The minimum absolute atomic E-state index is 0.0655. The fourth-order valence-corrected chi connectivity index (χ4v) is 4.24. The zero-order valence-electron chi connectivity index (χ0n) is 10.7. The maximum atomic E-state index is 11.4. The van der Waals surface area contributed by atoms with Crippen molar-refractivity contribution in [3.8, 4) is 0 Å². The van der Waals surface area contributed by atoms with Gasteiger partial charge in [0.05, 0.1) is 5.92 Å². The molecule has 2 nitrogen and oxygen atoms in total. The summed E-state index contributed by atoms with van der Waals surface area (Å²) in [6.45, 7) is 6.87. The van der Waals surface area contributed by atoms with Gasteiger partial charge in [0.25, 0.3) is 0 Å². The molecule has 1 unspecified atom stereocenters. The number of hydrogen-bond acceptors (Lipinski definition) is 1. The second-order valence-corrected chi connectivity index (χ2v) is 6.44. The number of carbonyl (C=O) groups is 1. The molecule has 0 heterocycles. The van der Waals surface area contributed by atoms with E-state index in [-0.39, 0.29) is 11.3 Å². The van der Waals surface area contributed by atoms with Crippen LogP contribution in [0.5, 0.6) is 0 Å². The molecular formula is C14H24O2. The molecule has 1 N–H and O–H groups in total. The lowest BCUT2D eigenvalue weighted by Crippen LogP contribution is -2.48. The van der Waals surface area contributed by atoms with Crippen molar-refractivity contribution in [3.63, 3.8) is 0 Å². The first-order chi connectivity index (χ1) is 7.45. The Morgan fingerprint density at radius 1 is 1.25 bits per heavy atom. The van der Waals surface area contributed by atoms with Gasteiger partial charge in [-0.15, -0.1) is 0 Å². The summed E-state index contributed by atoms with van der Waals surface area (Å²) in [5.74, 6) is 1.47. The molecule has 2 rings (SSSR count). The van der Waals surface area contributed by atoms with Gasteiger partial charge in [-0.3, -0.25) is 4.79 Å². The average molecular weight is 224 g/mol. The summed E-state index contributed by atoms with van der Waals surface area (Å²) in [5, 5.41) is 9.39. The fourth-order valence-electron chi connectivity index (χ4n) is 4.24. The first-order valence-corrected chi connectivity index (χ1v) is 6.68. The molecule has 0 aromatic rings. The fraction of sp³-hybridized carbons (Fsp3) is 0.929. The van der Waals surface area contributed by atoms with Gasteiger partial charge in [-0.2, -0.15) is 0 Å². The Morgan fingerprint density at radius 3 is 2.56 bits per heavy atom. The second kappa shape index (κ2) is 4.05. The van der Waals surface area contributed by atoms with E-state index in [0.29, 0.717) is 11.8 Å². The number of carboxylic acids is 1. The minimum Gasteiger partial charge on any atom is -0.481 e. The number of rotatable bonds is 1. The molecule has 2 aliphatic rings. The molecule has 16 heavy (non-hydrogen) atoms. The third-order valence-corrected chi connectivity index (χ3v) is 5.37. The van der Waals surface area contributed by atoms with E-state index in [0.717, 1.165) is 25.2 Å². The van der Waals surface area contributed by atoms with Gasteiger partial charge in [-0.05, 0) is 48.9 Å². The summed E-state index contributed by atoms with van der Waals surface area (Å²) < 4.78 is 0. The molecule has 0 bridgehead atoms. The SMILES string of the molecule is C[C@@H]1CC[C@]2(C)C(C1)[C@@H](C)CC[C@@H]2C(=O)O. The van der Waals surface area contributed by atoms with Crippen LogP contribution in [0, 0.1) is 29.1 Å². The van der Waals surface area contributed by atoms with Crippen LogP contribution in [-0.2, 0) is 4.79 Å². The van der Waals surface area contributed by atoms with Crippen molar-refractivity contribution in [1.82, 2.24) is 0 Å². The van der Waals surface area contributed by atoms with Crippen LogP contribution < -0.4 is 0 Å². The maximum Gasteiger partial charge on any atom is 0.307 e. The van der Waals surface area contributed by atoms with Crippen molar-refractivity contribution in [2.75, 3.05) is 0 Å². The van der Waals surface area contributed by atoms with E-state index in [1.54, 1.807) is 0 Å². The Hall–Kier alpha value is -0.530. The summed E-state index contributed by atoms with van der Waals surface area (Å²) in [6, 6.07) is 0. The van der Waals surface area contributed by atoms with Crippen molar-refractivity contribution in [1.29, 1.82) is 0 Å². The van der Waals surface area contributed by atoms with E-state index in [1.165, 1.54) is 12.8 Å². The van der Waals surface area contributed by atoms with Gasteiger partial charge < -0.3 is 5.11 Å². The van der Waals surface area contributed by atoms with Crippen LogP contribution in [0.2, 0.25) is 0 Å². The van der Waals surface area contributed by atoms with Gasteiger partial charge in [0, 0.05) is 0 Å². The number of hydrogen-bond donors (Lipinski definition) is 1. The molecule has 0 spiro atoms. The summed E-state index contributed by atoms with van der Waals surface area (Å²) in [5.41, 5.74) is 0.0655. The Kier molecular flexibility index (Phi) is 3.02. The molecule has 0 aromatic carbocycles. The standard InChI is InChI=1S/C14H24O2/c1-9-6-7-14(3)11(13(15)16)5-4-10(2)12(14)8-9/h9-12H,4-8H2,1-3H3,(H,15,16)/t9-,10+,11-,12?,14+/m1/s1. The van der Waals surface area contributed by atoms with Crippen LogP contribution in [-0.4, -0.2) is 11.1 Å². The summed E-state index contributed by atoms with van der Waals surface area (Å²) in [7, 11) is 0. The highest BCUT2D eigenvalue weighted by Crippen LogP contribution is 2.56. The van der Waals surface area contributed by atoms with Gasteiger partial charge in [0.15, 0.2) is 0 Å². The average Bonchev–Trinajstić information content (AvgIpc) is 2.20. The van der Waals surface area contributed by atoms with Gasteiger partial charge in [0.2, 0.25) is 0 Å². The normalized spacial score (nSPS) is 48.4. The highest BCUT2D eigenvalue weighted by atomic mass is 16.4. The maximum absolute atomic E-state index is 11.4. The van der Waals surface area contributed by atoms with E-state index in [4.69, 9.17) is 0 Å². The first kappa shape index (κ1) is 11.9. The molecule has 0 aromatic heterocycles. The van der Waals surface area contributed by atoms with E-state index < -0.39 is 5.97 Å². The molecule has 0 aliphatic heterocycles. The Bertz CT molecular complexity index is 286. The van der Waals surface area contributed by atoms with Crippen LogP contribution in [0.15, 0.2) is 0 Å². The summed E-state index contributed by atoms with van der Waals surface area (Å²) >= 11 is 0. The Balaban J connectivity index is 2.26. The van der Waals surface area contributed by atoms with Crippen LogP contribution in [0.1, 0.15) is 52.9 Å². The molecule has 0 saturated heterocycles. The van der Waals surface area contributed by atoms with Crippen LogP contribution in [0.4, 0.5) is 0 Å². The predicted octanol–water partition coefficient (Wildman–Crippen LogP) is 3.56. The molecule has 2 aliphatic carbocycles. The number of aliphatic carboxylic acids is 1. The van der Waals surface area contributed by atoms with Crippen molar-refractivity contribution in [2.45, 2.75) is 52.9 Å². The zero-order valence-corrected chi connectivity index (χ0v) is 10.7. The Labute approximate surface area is 98.4 Å². The van der Waals surface area contributed by atoms with E-state index in [2.05, 4.69) is 20.8 Å². The monoisotopic (exact) mass is 224 g/mol. The first-order valence-electron chi connectivity index (χ1n) is 6.68. The third-order valence-electron chi connectivity index (χ3n) is 5.37. The lowest BCUT2D eigenvalue weighted by Gasteiger charge is -2.53. The van der Waals surface area contributed by atoms with Crippen LogP contribution in [0.25, 0.3) is 0 Å². The van der Waals surface area contributed by atoms with Crippen LogP contribution >= 0.6 is 0 Å². The highest BCUT2D eigenvalue weighted by molar-refractivity contribution is 5.71. The van der Waals surface area contributed by atoms with Crippen molar-refractivity contribution < 1.29 is 9.90 Å². The number of carboxylic acid groups (broad SMARTS) is 1. The minimum atomic E-state index is -0.561. The Morgan fingerprint density at radius 2 is 1.94 bits per heavy atom. The molecule has 2 heteroatoms. The molecule has 2 saturated carbocycles. The smallest absolute Gasteiger partial charge is 0.307 e. The van der Waals surface area contributed by atoms with Gasteiger partial charge in [-0.25, -0.2) is 0 Å². The molecule has 2 fully saturated rings. The summed E-state index contributed by atoms with van der Waals surface area (Å²) in [4.78, 5) is 11.4. The number of fused-ring (bicyclic) bond motifs is 1. The largest absolute Gasteiger partial charge is 0.481 e. The lowest BCUT2D eigenvalue weighted by molar-refractivity contribution is -0.156. The zero-order chi connectivity index (χ0) is 11.9. The third kappa shape index (κ3) is 1.76. The van der Waals surface area contributed by atoms with Gasteiger partial charge >= 0.3 is 5.97 Å². The van der Waals surface area contributed by atoms with Gasteiger partial charge in [0.1, 0.15) is 0 Å². The molecule has 0 radical (unpaired) electrons. The summed E-state index contributed by atoms with van der Waals surface area (Å²) in [6.07, 6.45) is 5.55. The molecule has 0 amide bonds. The predicted molar refractivity (Wildman–Crippen MR) is 64.1 cm³/mol. The van der Waals surface area contributed by atoms with Gasteiger partial charge in [-0.1, -0.05) is 27.2 Å². The topological polar surface area (TPSA) is 37.3 Å².